The van der Waals surface area contributed by atoms with E-state index in [1.165, 1.54) is 12.1 Å². The third-order valence-electron chi connectivity index (χ3n) is 5.38. The summed E-state index contributed by atoms with van der Waals surface area (Å²) >= 11 is 0. The van der Waals surface area contributed by atoms with Gasteiger partial charge in [-0.2, -0.15) is 5.26 Å². The molecule has 8 heteroatoms. The first-order valence-corrected chi connectivity index (χ1v) is 11.1. The molecule has 1 heterocycles. The maximum atomic E-state index is 12.7. The number of nitrogens with one attached hydrogen (secondary N) is 1. The zero-order valence-electron chi connectivity index (χ0n) is 19.3. The van der Waals surface area contributed by atoms with Gasteiger partial charge in [0.15, 0.2) is 0 Å². The molecule has 2 N–H and O–H groups in total. The highest BCUT2D eigenvalue weighted by Crippen LogP contribution is 2.39. The van der Waals surface area contributed by atoms with Crippen LogP contribution in [0.2, 0.25) is 0 Å². The van der Waals surface area contributed by atoms with Crippen molar-refractivity contribution in [1.82, 2.24) is 0 Å². The summed E-state index contributed by atoms with van der Waals surface area (Å²) in [6.07, 6.45) is 0.363. The van der Waals surface area contributed by atoms with Gasteiger partial charge in [-0.25, -0.2) is 0 Å². The highest BCUT2D eigenvalue weighted by atomic mass is 16.5. The molecule has 1 aliphatic rings. The van der Waals surface area contributed by atoms with Gasteiger partial charge in [0.1, 0.15) is 29.1 Å². The topological polar surface area (TPSA) is 118 Å². The van der Waals surface area contributed by atoms with Crippen LogP contribution in [-0.4, -0.2) is 29.7 Å². The van der Waals surface area contributed by atoms with E-state index in [2.05, 4.69) is 11.4 Å². The molecule has 3 aromatic carbocycles. The standard InChI is InChI=1S/C27H24N2O6/c1-16(2)34-21-5-3-4-19(13-21)29-26(30)17-6-8-20(9-7-17)35-24-14-25-23(12-18(24)15-28)22(27(31)32)10-11-33-25/h3-9,12-14,16,22H,10-11H2,1-2H3,(H,29,30)(H,31,32). The number of ether oxygens (including phenoxy) is 3. The maximum Gasteiger partial charge on any atom is 0.311 e. The van der Waals surface area contributed by atoms with Gasteiger partial charge in [-0.3, -0.25) is 9.59 Å². The lowest BCUT2D eigenvalue weighted by atomic mass is 9.91. The second-order valence-electron chi connectivity index (χ2n) is 8.30. The Labute approximate surface area is 202 Å². The normalized spacial score (nSPS) is 14.3. The van der Waals surface area contributed by atoms with Crippen LogP contribution in [0.25, 0.3) is 0 Å². The summed E-state index contributed by atoms with van der Waals surface area (Å²) in [5.74, 6) is -0.267. The number of benzene rings is 3. The van der Waals surface area contributed by atoms with E-state index in [0.717, 1.165) is 0 Å². The quantitative estimate of drug-likeness (QED) is 0.476. The molecule has 1 amide bonds. The van der Waals surface area contributed by atoms with E-state index in [1.54, 1.807) is 42.5 Å². The highest BCUT2D eigenvalue weighted by molar-refractivity contribution is 6.04. The monoisotopic (exact) mass is 472 g/mol. The number of fused-ring (bicyclic) bond motifs is 1. The van der Waals surface area contributed by atoms with E-state index in [-0.39, 0.29) is 29.9 Å². The van der Waals surface area contributed by atoms with Gasteiger partial charge in [-0.15, -0.1) is 0 Å². The minimum Gasteiger partial charge on any atom is -0.493 e. The van der Waals surface area contributed by atoms with Crippen molar-refractivity contribution >= 4 is 17.6 Å². The molecule has 4 rings (SSSR count). The summed E-state index contributed by atoms with van der Waals surface area (Å²) < 4.78 is 17.1. The molecule has 1 aliphatic heterocycles. The van der Waals surface area contributed by atoms with E-state index < -0.39 is 11.9 Å². The van der Waals surface area contributed by atoms with Gasteiger partial charge < -0.3 is 24.6 Å². The number of anilines is 1. The second kappa shape index (κ2) is 10.2. The molecule has 35 heavy (non-hydrogen) atoms. The lowest BCUT2D eigenvalue weighted by molar-refractivity contribution is -0.139. The summed E-state index contributed by atoms with van der Waals surface area (Å²) in [6.45, 7) is 4.13. The Kier molecular flexibility index (Phi) is 6.88. The van der Waals surface area contributed by atoms with Gasteiger partial charge in [0, 0.05) is 28.9 Å². The van der Waals surface area contributed by atoms with Gasteiger partial charge in [-0.05, 0) is 62.7 Å². The SMILES string of the molecule is CC(C)Oc1cccc(NC(=O)c2ccc(Oc3cc4c(cc3C#N)C(C(=O)O)CCO4)cc2)c1. The molecule has 1 unspecified atom stereocenters. The summed E-state index contributed by atoms with van der Waals surface area (Å²) in [6, 6.07) is 18.7. The number of hydrogen-bond donors (Lipinski definition) is 2. The van der Waals surface area contributed by atoms with E-state index in [1.807, 2.05) is 19.9 Å². The molecule has 8 nitrogen and oxygen atoms in total. The third-order valence-corrected chi connectivity index (χ3v) is 5.38. The van der Waals surface area contributed by atoms with Gasteiger partial charge in [0.25, 0.3) is 5.91 Å². The molecule has 0 radical (unpaired) electrons. The Morgan fingerprint density at radius 1 is 1.11 bits per heavy atom. The molecular weight excluding hydrogens is 448 g/mol. The molecule has 0 bridgehead atoms. The van der Waals surface area contributed by atoms with Crippen molar-refractivity contribution in [3.8, 4) is 29.1 Å². The third kappa shape index (κ3) is 5.53. The minimum atomic E-state index is -0.958. The Bertz CT molecular complexity index is 1290. The Morgan fingerprint density at radius 3 is 2.57 bits per heavy atom. The highest BCUT2D eigenvalue weighted by Gasteiger charge is 2.29. The number of nitrogens with zero attached hydrogens (tertiary/aromatic N) is 1. The first kappa shape index (κ1) is 23.6. The molecule has 178 valence electrons. The number of rotatable bonds is 7. The average Bonchev–Trinajstić information content (AvgIpc) is 2.83. The molecule has 0 spiro atoms. The fraction of sp³-hybridized carbons (Fsp3) is 0.222. The Balaban J connectivity index is 1.48. The summed E-state index contributed by atoms with van der Waals surface area (Å²) in [7, 11) is 0. The fourth-order valence-electron chi connectivity index (χ4n) is 3.77. The van der Waals surface area contributed by atoms with Crippen LogP contribution in [0.4, 0.5) is 5.69 Å². The zero-order chi connectivity index (χ0) is 24.9. The number of amides is 1. The van der Waals surface area contributed by atoms with E-state index in [4.69, 9.17) is 14.2 Å². The van der Waals surface area contributed by atoms with Crippen LogP contribution >= 0.6 is 0 Å². The van der Waals surface area contributed by atoms with Crippen LogP contribution in [0, 0.1) is 11.3 Å². The second-order valence-corrected chi connectivity index (χ2v) is 8.30. The summed E-state index contributed by atoms with van der Waals surface area (Å²) in [4.78, 5) is 24.2. The molecule has 0 aromatic heterocycles. The lowest BCUT2D eigenvalue weighted by Crippen LogP contribution is -2.21. The van der Waals surface area contributed by atoms with Crippen molar-refractivity contribution in [3.63, 3.8) is 0 Å². The van der Waals surface area contributed by atoms with E-state index >= 15 is 0 Å². The number of nitriles is 1. The first-order chi connectivity index (χ1) is 16.8. The zero-order valence-corrected chi connectivity index (χ0v) is 19.3. The van der Waals surface area contributed by atoms with Crippen molar-refractivity contribution in [2.45, 2.75) is 32.3 Å². The fourth-order valence-corrected chi connectivity index (χ4v) is 3.77. The van der Waals surface area contributed by atoms with Crippen molar-refractivity contribution in [1.29, 1.82) is 5.26 Å². The Morgan fingerprint density at radius 2 is 1.89 bits per heavy atom. The van der Waals surface area contributed by atoms with Crippen molar-refractivity contribution in [2.75, 3.05) is 11.9 Å². The van der Waals surface area contributed by atoms with Gasteiger partial charge in [0.2, 0.25) is 0 Å². The van der Waals surface area contributed by atoms with Crippen LogP contribution in [-0.2, 0) is 4.79 Å². The number of carbonyl (C=O) groups excluding carboxylic acids is 1. The maximum absolute atomic E-state index is 12.7. The van der Waals surface area contributed by atoms with Gasteiger partial charge in [-0.1, -0.05) is 6.07 Å². The van der Waals surface area contributed by atoms with Gasteiger partial charge in [0.05, 0.1) is 24.2 Å². The molecule has 0 saturated carbocycles. The predicted molar refractivity (Wildman–Crippen MR) is 128 cm³/mol. The van der Waals surface area contributed by atoms with Gasteiger partial charge >= 0.3 is 5.97 Å². The van der Waals surface area contributed by atoms with Crippen LogP contribution in [0.5, 0.6) is 23.0 Å². The molecule has 3 aromatic rings. The predicted octanol–water partition coefficient (Wildman–Crippen LogP) is 5.34. The van der Waals surface area contributed by atoms with Crippen LogP contribution in [0.1, 0.15) is 47.7 Å². The average molecular weight is 472 g/mol. The molecular formula is C27H24N2O6. The Hall–Kier alpha value is -4.51. The van der Waals surface area contributed by atoms with E-state index in [9.17, 15) is 20.0 Å². The first-order valence-electron chi connectivity index (χ1n) is 11.1. The van der Waals surface area contributed by atoms with Crippen LogP contribution in [0.3, 0.4) is 0 Å². The van der Waals surface area contributed by atoms with Crippen LogP contribution in [0.15, 0.2) is 60.7 Å². The smallest absolute Gasteiger partial charge is 0.311 e. The summed E-state index contributed by atoms with van der Waals surface area (Å²) in [5, 5.41) is 21.9. The number of carbonyl (C=O) groups is 2. The molecule has 0 saturated heterocycles. The number of carboxylic acid groups (broad SMARTS) is 1. The molecule has 1 atom stereocenters. The number of aliphatic carboxylic acids is 1. The van der Waals surface area contributed by atoms with Crippen molar-refractivity contribution in [2.24, 2.45) is 0 Å². The number of carboxylic acids is 1. The van der Waals surface area contributed by atoms with E-state index in [0.29, 0.717) is 40.5 Å². The molecule has 0 fully saturated rings. The lowest BCUT2D eigenvalue weighted by Gasteiger charge is -2.24. The number of hydrogen-bond acceptors (Lipinski definition) is 6. The van der Waals surface area contributed by atoms with Crippen LogP contribution < -0.4 is 19.5 Å². The summed E-state index contributed by atoms with van der Waals surface area (Å²) in [5.41, 5.74) is 1.69. The van der Waals surface area contributed by atoms with Crippen molar-refractivity contribution < 1.29 is 28.9 Å². The largest absolute Gasteiger partial charge is 0.493 e. The minimum absolute atomic E-state index is 0.0234. The van der Waals surface area contributed by atoms with Crippen molar-refractivity contribution in [3.05, 3.63) is 77.4 Å². The molecule has 0 aliphatic carbocycles.